The summed E-state index contributed by atoms with van der Waals surface area (Å²) in [7, 11) is 3.04. The summed E-state index contributed by atoms with van der Waals surface area (Å²) >= 11 is 0. The van der Waals surface area contributed by atoms with E-state index in [0.29, 0.717) is 36.4 Å². The van der Waals surface area contributed by atoms with Crippen LogP contribution in [0.25, 0.3) is 0 Å². The van der Waals surface area contributed by atoms with E-state index in [1.807, 2.05) is 6.07 Å². The predicted molar refractivity (Wildman–Crippen MR) is 108 cm³/mol. The molecule has 3 rings (SSSR count). The van der Waals surface area contributed by atoms with Crippen LogP contribution in [0.5, 0.6) is 11.8 Å². The second-order valence-corrected chi connectivity index (χ2v) is 5.60. The maximum absolute atomic E-state index is 11.1. The van der Waals surface area contributed by atoms with Crippen molar-refractivity contribution in [1.29, 1.82) is 0 Å². The SMILES string of the molecule is CCOC(=O)CNc1ccc(OC)nc1N.COc1ccc2c(n1)NC(=O)CN2. The number of pyridine rings is 2. The highest BCUT2D eigenvalue weighted by Crippen LogP contribution is 2.24. The van der Waals surface area contributed by atoms with Gasteiger partial charge in [0, 0.05) is 12.1 Å². The first-order valence-electron chi connectivity index (χ1n) is 8.75. The number of methoxy groups -OCH3 is 2. The van der Waals surface area contributed by atoms with Crippen molar-refractivity contribution in [3.8, 4) is 11.8 Å². The van der Waals surface area contributed by atoms with Gasteiger partial charge in [0.05, 0.1) is 38.7 Å². The Morgan fingerprint density at radius 3 is 2.52 bits per heavy atom. The van der Waals surface area contributed by atoms with Crippen molar-refractivity contribution in [2.24, 2.45) is 0 Å². The van der Waals surface area contributed by atoms with Crippen LogP contribution in [-0.4, -0.2) is 55.8 Å². The summed E-state index contributed by atoms with van der Waals surface area (Å²) in [5.74, 6) is 1.30. The lowest BCUT2D eigenvalue weighted by Gasteiger charge is -2.17. The molecule has 3 heterocycles. The third kappa shape index (κ3) is 6.41. The Morgan fingerprint density at radius 2 is 1.86 bits per heavy atom. The van der Waals surface area contributed by atoms with Crippen LogP contribution >= 0.6 is 0 Å². The molecule has 156 valence electrons. The first-order valence-corrected chi connectivity index (χ1v) is 8.75. The molecule has 11 nitrogen and oxygen atoms in total. The molecule has 5 N–H and O–H groups in total. The smallest absolute Gasteiger partial charge is 0.325 e. The van der Waals surface area contributed by atoms with Gasteiger partial charge in [0.1, 0.15) is 6.54 Å². The number of nitrogens with zero attached hydrogens (tertiary/aromatic N) is 2. The van der Waals surface area contributed by atoms with E-state index in [2.05, 4.69) is 25.9 Å². The van der Waals surface area contributed by atoms with Crippen LogP contribution in [-0.2, 0) is 14.3 Å². The molecule has 0 aliphatic carbocycles. The van der Waals surface area contributed by atoms with Crippen molar-refractivity contribution in [1.82, 2.24) is 9.97 Å². The molecule has 0 spiro atoms. The number of amides is 1. The standard InChI is InChI=1S/C10H15N3O3.C8H9N3O2/c1-3-16-9(14)6-12-7-4-5-8(15-2)13-10(7)11;1-13-7-3-2-5-8(11-7)10-6(12)4-9-5/h4-5,12H,3,6H2,1-2H3,(H2,11,13);2-3,9H,4H2,1H3,(H,10,11,12). The fourth-order valence-electron chi connectivity index (χ4n) is 2.24. The number of carbonyl (C=O) groups is 2. The summed E-state index contributed by atoms with van der Waals surface area (Å²) in [6, 6.07) is 6.91. The minimum atomic E-state index is -0.335. The highest BCUT2D eigenvalue weighted by atomic mass is 16.5. The lowest BCUT2D eigenvalue weighted by Crippen LogP contribution is -2.28. The van der Waals surface area contributed by atoms with Crippen LogP contribution in [0.15, 0.2) is 24.3 Å². The van der Waals surface area contributed by atoms with Crippen LogP contribution in [0, 0.1) is 0 Å². The second kappa shape index (κ2) is 10.5. The van der Waals surface area contributed by atoms with Crippen molar-refractivity contribution in [3.05, 3.63) is 24.3 Å². The Balaban J connectivity index is 0.000000211. The molecule has 0 saturated carbocycles. The molecule has 11 heteroatoms. The molecule has 1 amide bonds. The largest absolute Gasteiger partial charge is 0.481 e. The summed E-state index contributed by atoms with van der Waals surface area (Å²) in [5.41, 5.74) is 7.05. The van der Waals surface area contributed by atoms with Crippen LogP contribution in [0.2, 0.25) is 0 Å². The average molecular weight is 404 g/mol. The molecule has 0 radical (unpaired) electrons. The highest BCUT2D eigenvalue weighted by Gasteiger charge is 2.15. The number of hydrogen-bond acceptors (Lipinski definition) is 10. The number of carbonyl (C=O) groups excluding carboxylic acids is 2. The Morgan fingerprint density at radius 1 is 1.17 bits per heavy atom. The Bertz CT molecular complexity index is 861. The Kier molecular flexibility index (Phi) is 7.83. The molecule has 0 unspecified atom stereocenters. The third-order valence-electron chi connectivity index (χ3n) is 3.61. The summed E-state index contributed by atoms with van der Waals surface area (Å²) in [5, 5.41) is 8.41. The maximum Gasteiger partial charge on any atom is 0.325 e. The number of anilines is 4. The normalized spacial score (nSPS) is 11.6. The average Bonchev–Trinajstić information content (AvgIpc) is 2.72. The van der Waals surface area contributed by atoms with Gasteiger partial charge >= 0.3 is 5.97 Å². The molecule has 0 aromatic carbocycles. The zero-order chi connectivity index (χ0) is 21.2. The summed E-state index contributed by atoms with van der Waals surface area (Å²) in [4.78, 5) is 30.1. The van der Waals surface area contributed by atoms with Gasteiger partial charge in [0.25, 0.3) is 0 Å². The molecule has 0 fully saturated rings. The molecule has 2 aromatic rings. The monoisotopic (exact) mass is 404 g/mol. The number of rotatable bonds is 6. The van der Waals surface area contributed by atoms with E-state index < -0.39 is 0 Å². The first kappa shape index (κ1) is 21.5. The van der Waals surface area contributed by atoms with Crippen LogP contribution in [0.1, 0.15) is 6.92 Å². The van der Waals surface area contributed by atoms with E-state index in [9.17, 15) is 9.59 Å². The van der Waals surface area contributed by atoms with E-state index in [-0.39, 0.29) is 24.2 Å². The Labute approximate surface area is 168 Å². The number of aromatic nitrogens is 2. The van der Waals surface area contributed by atoms with Gasteiger partial charge in [-0.05, 0) is 19.1 Å². The van der Waals surface area contributed by atoms with Crippen molar-refractivity contribution >= 4 is 34.9 Å². The van der Waals surface area contributed by atoms with Gasteiger partial charge in [0.2, 0.25) is 17.7 Å². The number of fused-ring (bicyclic) bond motifs is 1. The van der Waals surface area contributed by atoms with Gasteiger partial charge in [-0.15, -0.1) is 0 Å². The topological polar surface area (TPSA) is 150 Å². The number of ether oxygens (including phenoxy) is 3. The fraction of sp³-hybridized carbons (Fsp3) is 0.333. The van der Waals surface area contributed by atoms with Crippen LogP contribution < -0.4 is 31.2 Å². The zero-order valence-corrected chi connectivity index (χ0v) is 16.4. The van der Waals surface area contributed by atoms with Crippen LogP contribution in [0.4, 0.5) is 23.0 Å². The minimum Gasteiger partial charge on any atom is -0.481 e. The molecule has 0 saturated heterocycles. The number of esters is 1. The number of nitrogens with one attached hydrogen (secondary N) is 3. The zero-order valence-electron chi connectivity index (χ0n) is 16.4. The molecular weight excluding hydrogens is 380 g/mol. The van der Waals surface area contributed by atoms with Gasteiger partial charge < -0.3 is 35.9 Å². The minimum absolute atomic E-state index is 0.0616. The molecule has 2 aromatic heterocycles. The van der Waals surface area contributed by atoms with Crippen molar-refractivity contribution in [2.45, 2.75) is 6.92 Å². The summed E-state index contributed by atoms with van der Waals surface area (Å²) < 4.78 is 14.6. The van der Waals surface area contributed by atoms with E-state index in [1.54, 1.807) is 25.1 Å². The van der Waals surface area contributed by atoms with Gasteiger partial charge in [-0.25, -0.2) is 0 Å². The maximum atomic E-state index is 11.1. The summed E-state index contributed by atoms with van der Waals surface area (Å²) in [6.45, 7) is 2.46. The van der Waals surface area contributed by atoms with Crippen LogP contribution in [0.3, 0.4) is 0 Å². The molecule has 29 heavy (non-hydrogen) atoms. The first-order chi connectivity index (χ1) is 14.0. The molecule has 1 aliphatic heterocycles. The van der Waals surface area contributed by atoms with Gasteiger partial charge in [0.15, 0.2) is 11.6 Å². The predicted octanol–water partition coefficient (Wildman–Crippen LogP) is 1.10. The van der Waals surface area contributed by atoms with Crippen molar-refractivity contribution in [3.63, 3.8) is 0 Å². The fourth-order valence-corrected chi connectivity index (χ4v) is 2.24. The molecular formula is C18H24N6O5. The second-order valence-electron chi connectivity index (χ2n) is 5.60. The number of nitrogens with two attached hydrogens (primary N) is 1. The molecule has 1 aliphatic rings. The van der Waals surface area contributed by atoms with Crippen molar-refractivity contribution in [2.75, 3.05) is 55.6 Å². The van der Waals surface area contributed by atoms with Gasteiger partial charge in [-0.2, -0.15) is 9.97 Å². The molecule has 0 atom stereocenters. The van der Waals surface area contributed by atoms with E-state index in [0.717, 1.165) is 5.69 Å². The lowest BCUT2D eigenvalue weighted by molar-refractivity contribution is -0.140. The quantitative estimate of drug-likeness (QED) is 0.515. The van der Waals surface area contributed by atoms with E-state index in [4.69, 9.17) is 19.9 Å². The number of hydrogen-bond donors (Lipinski definition) is 4. The highest BCUT2D eigenvalue weighted by molar-refractivity contribution is 5.99. The lowest BCUT2D eigenvalue weighted by atomic mass is 10.3. The number of nitrogen functional groups attached to an aromatic ring is 1. The van der Waals surface area contributed by atoms with E-state index >= 15 is 0 Å². The third-order valence-corrected chi connectivity index (χ3v) is 3.61. The Hall–Kier alpha value is -3.76. The van der Waals surface area contributed by atoms with E-state index in [1.165, 1.54) is 14.2 Å². The van der Waals surface area contributed by atoms with Gasteiger partial charge in [-0.3, -0.25) is 9.59 Å². The molecule has 0 bridgehead atoms. The summed E-state index contributed by atoms with van der Waals surface area (Å²) in [6.07, 6.45) is 0. The van der Waals surface area contributed by atoms with Crippen molar-refractivity contribution < 1.29 is 23.8 Å². The van der Waals surface area contributed by atoms with Gasteiger partial charge in [-0.1, -0.05) is 0 Å².